The van der Waals surface area contributed by atoms with Crippen LogP contribution >= 0.6 is 34.2 Å². The normalized spacial score (nSPS) is 10.0. The molecule has 6 heteroatoms. The predicted molar refractivity (Wildman–Crippen MR) is 74.2 cm³/mol. The van der Waals surface area contributed by atoms with Crippen LogP contribution in [0.2, 0.25) is 5.15 Å². The lowest BCUT2D eigenvalue weighted by atomic mass is 10.2. The summed E-state index contributed by atoms with van der Waals surface area (Å²) in [6.07, 6.45) is 4.76. The molecule has 2 aromatic rings. The molecule has 86 valence electrons. The Bertz CT molecular complexity index is 562. The monoisotopic (exact) mass is 359 g/mol. The van der Waals surface area contributed by atoms with Crippen molar-refractivity contribution in [2.24, 2.45) is 0 Å². The minimum absolute atomic E-state index is 0.236. The molecule has 2 rings (SSSR count). The maximum absolute atomic E-state index is 11.9. The second-order valence-electron chi connectivity index (χ2n) is 3.18. The average Bonchev–Trinajstić information content (AvgIpc) is 2.32. The van der Waals surface area contributed by atoms with Gasteiger partial charge in [0.05, 0.1) is 11.9 Å². The lowest BCUT2D eigenvalue weighted by Gasteiger charge is -2.06. The third-order valence-corrected chi connectivity index (χ3v) is 3.15. The van der Waals surface area contributed by atoms with Crippen LogP contribution in [0.15, 0.2) is 36.8 Å². The topological polar surface area (TPSA) is 54.9 Å². The van der Waals surface area contributed by atoms with Crippen LogP contribution in [0.3, 0.4) is 0 Å². The van der Waals surface area contributed by atoms with Crippen LogP contribution in [0.4, 0.5) is 5.69 Å². The molecule has 0 aromatic carbocycles. The zero-order valence-corrected chi connectivity index (χ0v) is 11.4. The SMILES string of the molecule is O=C(Nc1cnccc1I)c1ccnc(Cl)c1. The van der Waals surface area contributed by atoms with Gasteiger partial charge in [-0.2, -0.15) is 0 Å². The van der Waals surface area contributed by atoms with E-state index in [1.54, 1.807) is 18.5 Å². The van der Waals surface area contributed by atoms with Gasteiger partial charge in [0.15, 0.2) is 0 Å². The van der Waals surface area contributed by atoms with E-state index >= 15 is 0 Å². The van der Waals surface area contributed by atoms with Gasteiger partial charge in [-0.25, -0.2) is 4.98 Å². The maximum Gasteiger partial charge on any atom is 0.255 e. The Balaban J connectivity index is 2.20. The number of aromatic nitrogens is 2. The van der Waals surface area contributed by atoms with Crippen LogP contribution in [-0.2, 0) is 0 Å². The molecule has 0 aliphatic carbocycles. The fraction of sp³-hybridized carbons (Fsp3) is 0. The molecule has 0 aliphatic heterocycles. The van der Waals surface area contributed by atoms with Crippen LogP contribution in [-0.4, -0.2) is 15.9 Å². The summed E-state index contributed by atoms with van der Waals surface area (Å²) in [6.45, 7) is 0. The number of carbonyl (C=O) groups is 1. The zero-order chi connectivity index (χ0) is 12.3. The van der Waals surface area contributed by atoms with Crippen molar-refractivity contribution in [3.8, 4) is 0 Å². The molecule has 0 aliphatic rings. The van der Waals surface area contributed by atoms with E-state index < -0.39 is 0 Å². The molecular formula is C11H7ClIN3O. The number of rotatable bonds is 2. The molecule has 1 amide bonds. The number of nitrogens with one attached hydrogen (secondary N) is 1. The summed E-state index contributed by atoms with van der Waals surface area (Å²) in [4.78, 5) is 19.7. The molecule has 0 spiro atoms. The number of anilines is 1. The number of hydrogen-bond acceptors (Lipinski definition) is 3. The number of nitrogens with zero attached hydrogens (tertiary/aromatic N) is 2. The highest BCUT2D eigenvalue weighted by molar-refractivity contribution is 14.1. The van der Waals surface area contributed by atoms with Crippen molar-refractivity contribution in [3.63, 3.8) is 0 Å². The van der Waals surface area contributed by atoms with Gasteiger partial charge in [-0.15, -0.1) is 0 Å². The molecule has 2 heterocycles. The van der Waals surface area contributed by atoms with Crippen LogP contribution in [0.1, 0.15) is 10.4 Å². The highest BCUT2D eigenvalue weighted by Gasteiger charge is 2.08. The summed E-state index contributed by atoms with van der Waals surface area (Å²) >= 11 is 7.84. The van der Waals surface area contributed by atoms with E-state index in [2.05, 4.69) is 37.9 Å². The van der Waals surface area contributed by atoms with Crippen molar-refractivity contribution in [2.75, 3.05) is 5.32 Å². The summed E-state index contributed by atoms with van der Waals surface area (Å²) in [5.74, 6) is -0.236. The van der Waals surface area contributed by atoms with Crippen molar-refractivity contribution in [3.05, 3.63) is 51.1 Å². The van der Waals surface area contributed by atoms with Crippen molar-refractivity contribution in [1.82, 2.24) is 9.97 Å². The molecular weight excluding hydrogens is 352 g/mol. The first-order chi connectivity index (χ1) is 8.16. The Morgan fingerprint density at radius 1 is 1.35 bits per heavy atom. The Kier molecular flexibility index (Phi) is 3.90. The van der Waals surface area contributed by atoms with Gasteiger partial charge < -0.3 is 5.32 Å². The predicted octanol–water partition coefficient (Wildman–Crippen LogP) is 2.99. The lowest BCUT2D eigenvalue weighted by Crippen LogP contribution is -2.13. The molecule has 2 aromatic heterocycles. The summed E-state index contributed by atoms with van der Waals surface area (Å²) in [5, 5.41) is 3.05. The summed E-state index contributed by atoms with van der Waals surface area (Å²) < 4.78 is 0.922. The van der Waals surface area contributed by atoms with Gasteiger partial charge in [0, 0.05) is 21.5 Å². The molecule has 0 unspecified atom stereocenters. The van der Waals surface area contributed by atoms with Crippen molar-refractivity contribution >= 4 is 45.8 Å². The average molecular weight is 360 g/mol. The van der Waals surface area contributed by atoms with Crippen LogP contribution in [0, 0.1) is 3.57 Å². The first kappa shape index (κ1) is 12.3. The van der Waals surface area contributed by atoms with Crippen molar-refractivity contribution in [1.29, 1.82) is 0 Å². The first-order valence-electron chi connectivity index (χ1n) is 4.69. The highest BCUT2D eigenvalue weighted by Crippen LogP contribution is 2.17. The number of halogens is 2. The Morgan fingerprint density at radius 2 is 2.18 bits per heavy atom. The van der Waals surface area contributed by atoms with E-state index in [0.29, 0.717) is 16.4 Å². The van der Waals surface area contributed by atoms with Gasteiger partial charge >= 0.3 is 0 Å². The number of pyridine rings is 2. The molecule has 17 heavy (non-hydrogen) atoms. The van der Waals surface area contributed by atoms with Gasteiger partial charge in [-0.3, -0.25) is 9.78 Å². The minimum Gasteiger partial charge on any atom is -0.320 e. The van der Waals surface area contributed by atoms with E-state index in [9.17, 15) is 4.79 Å². The Labute approximate surface area is 117 Å². The van der Waals surface area contributed by atoms with Crippen molar-refractivity contribution in [2.45, 2.75) is 0 Å². The molecule has 0 saturated carbocycles. The summed E-state index contributed by atoms with van der Waals surface area (Å²) in [7, 11) is 0. The van der Waals surface area contributed by atoms with Gasteiger partial charge in [0.2, 0.25) is 0 Å². The van der Waals surface area contributed by atoms with E-state index in [1.807, 2.05) is 6.07 Å². The van der Waals surface area contributed by atoms with Crippen LogP contribution in [0.5, 0.6) is 0 Å². The van der Waals surface area contributed by atoms with E-state index in [-0.39, 0.29) is 5.91 Å². The van der Waals surface area contributed by atoms with Crippen LogP contribution < -0.4 is 5.32 Å². The van der Waals surface area contributed by atoms with E-state index in [4.69, 9.17) is 11.6 Å². The van der Waals surface area contributed by atoms with E-state index in [1.165, 1.54) is 12.3 Å². The van der Waals surface area contributed by atoms with Gasteiger partial charge in [0.25, 0.3) is 5.91 Å². The van der Waals surface area contributed by atoms with Crippen LogP contribution in [0.25, 0.3) is 0 Å². The summed E-state index contributed by atoms with van der Waals surface area (Å²) in [5.41, 5.74) is 1.13. The third-order valence-electron chi connectivity index (χ3n) is 2.00. The molecule has 0 saturated heterocycles. The third kappa shape index (κ3) is 3.13. The molecule has 0 bridgehead atoms. The second-order valence-corrected chi connectivity index (χ2v) is 4.73. The highest BCUT2D eigenvalue weighted by atomic mass is 127. The standard InChI is InChI=1S/C11H7ClIN3O/c12-10-5-7(1-4-15-10)11(17)16-9-6-14-3-2-8(9)13/h1-6H,(H,16,17). The fourth-order valence-electron chi connectivity index (χ4n) is 1.21. The molecule has 0 radical (unpaired) electrons. The second kappa shape index (κ2) is 5.42. The van der Waals surface area contributed by atoms with E-state index in [0.717, 1.165) is 3.57 Å². The largest absolute Gasteiger partial charge is 0.320 e. The maximum atomic E-state index is 11.9. The minimum atomic E-state index is -0.236. The van der Waals surface area contributed by atoms with Gasteiger partial charge in [0.1, 0.15) is 5.15 Å². The first-order valence-corrected chi connectivity index (χ1v) is 6.15. The Morgan fingerprint density at radius 3 is 2.88 bits per heavy atom. The molecule has 4 nitrogen and oxygen atoms in total. The molecule has 0 atom stereocenters. The summed E-state index contributed by atoms with van der Waals surface area (Å²) in [6, 6.07) is 4.93. The smallest absolute Gasteiger partial charge is 0.255 e. The zero-order valence-electron chi connectivity index (χ0n) is 8.52. The molecule has 0 fully saturated rings. The quantitative estimate of drug-likeness (QED) is 0.662. The fourth-order valence-corrected chi connectivity index (χ4v) is 1.82. The van der Waals surface area contributed by atoms with Crippen molar-refractivity contribution < 1.29 is 4.79 Å². The van der Waals surface area contributed by atoms with Gasteiger partial charge in [-0.1, -0.05) is 11.6 Å². The number of carbonyl (C=O) groups excluding carboxylic acids is 1. The van der Waals surface area contributed by atoms with Gasteiger partial charge in [-0.05, 0) is 40.8 Å². The Hall–Kier alpha value is -1.21. The number of amides is 1. The molecule has 1 N–H and O–H groups in total. The lowest BCUT2D eigenvalue weighted by molar-refractivity contribution is 0.102. The number of hydrogen-bond donors (Lipinski definition) is 1.